The van der Waals surface area contributed by atoms with E-state index in [0.29, 0.717) is 17.9 Å². The molecule has 2 aromatic heterocycles. The number of aromatic nitrogens is 3. The molecule has 3 rings (SSSR count). The predicted octanol–water partition coefficient (Wildman–Crippen LogP) is 0.871. The van der Waals surface area contributed by atoms with Crippen molar-refractivity contribution in [3.05, 3.63) is 45.4 Å². The Morgan fingerprint density at radius 2 is 1.96 bits per heavy atom. The Kier molecular flexibility index (Phi) is 5.88. The van der Waals surface area contributed by atoms with Crippen molar-refractivity contribution >= 4 is 17.4 Å². The lowest BCUT2D eigenvalue weighted by Crippen LogP contribution is -2.44. The highest BCUT2D eigenvalue weighted by Gasteiger charge is 2.22. The van der Waals surface area contributed by atoms with E-state index in [2.05, 4.69) is 32.2 Å². The predicted molar refractivity (Wildman–Crippen MR) is 104 cm³/mol. The molecule has 28 heavy (non-hydrogen) atoms. The van der Waals surface area contributed by atoms with E-state index in [4.69, 9.17) is 0 Å². The number of carbonyl (C=O) groups excluding carboxylic acids is 1. The first-order chi connectivity index (χ1) is 13.3. The van der Waals surface area contributed by atoms with E-state index in [0.717, 1.165) is 37.6 Å². The van der Waals surface area contributed by atoms with E-state index in [1.807, 2.05) is 12.1 Å². The maximum atomic E-state index is 12.2. The van der Waals surface area contributed by atoms with Gasteiger partial charge in [-0.25, -0.2) is 4.98 Å². The van der Waals surface area contributed by atoms with Gasteiger partial charge in [0.2, 0.25) is 5.91 Å². The zero-order valence-electron chi connectivity index (χ0n) is 16.4. The summed E-state index contributed by atoms with van der Waals surface area (Å²) in [6, 6.07) is 3.92. The summed E-state index contributed by atoms with van der Waals surface area (Å²) in [6.45, 7) is 7.37. The van der Waals surface area contributed by atoms with Crippen LogP contribution in [-0.4, -0.2) is 63.7 Å². The highest BCUT2D eigenvalue weighted by atomic mass is 16.6. The second kappa shape index (κ2) is 8.34. The van der Waals surface area contributed by atoms with Gasteiger partial charge < -0.3 is 15.1 Å². The van der Waals surface area contributed by atoms with Gasteiger partial charge >= 0.3 is 5.69 Å². The monoisotopic (exact) mass is 387 g/mol. The third kappa shape index (κ3) is 4.45. The van der Waals surface area contributed by atoms with E-state index in [9.17, 15) is 14.9 Å². The minimum absolute atomic E-state index is 0.0449. The molecule has 1 N–H and O–H groups in total. The first-order valence-electron chi connectivity index (χ1n) is 9.18. The van der Waals surface area contributed by atoms with Gasteiger partial charge in [0.25, 0.3) is 0 Å². The molecule has 3 heterocycles. The van der Waals surface area contributed by atoms with E-state index in [1.54, 1.807) is 20.0 Å². The lowest BCUT2D eigenvalue weighted by Gasteiger charge is -2.33. The number of nitrogens with zero attached hydrogens (tertiary/aromatic N) is 6. The van der Waals surface area contributed by atoms with Crippen molar-refractivity contribution in [3.8, 4) is 0 Å². The van der Waals surface area contributed by atoms with Crippen LogP contribution in [0.3, 0.4) is 0 Å². The van der Waals surface area contributed by atoms with E-state index in [1.165, 1.54) is 4.68 Å². The maximum absolute atomic E-state index is 12.2. The number of hydrogen-bond acceptors (Lipinski definition) is 7. The summed E-state index contributed by atoms with van der Waals surface area (Å²) in [5.41, 5.74) is 1.52. The molecule has 10 heteroatoms. The Morgan fingerprint density at radius 3 is 2.54 bits per heavy atom. The smallest absolute Gasteiger partial charge is 0.312 e. The van der Waals surface area contributed by atoms with Crippen molar-refractivity contribution < 1.29 is 9.72 Å². The van der Waals surface area contributed by atoms with Gasteiger partial charge in [-0.05, 0) is 32.5 Å². The quantitative estimate of drug-likeness (QED) is 0.578. The molecule has 0 radical (unpaired) electrons. The van der Waals surface area contributed by atoms with Crippen molar-refractivity contribution in [1.82, 2.24) is 25.0 Å². The second-order valence-electron chi connectivity index (χ2n) is 7.03. The van der Waals surface area contributed by atoms with Gasteiger partial charge in [-0.15, -0.1) is 0 Å². The molecule has 1 fully saturated rings. The fourth-order valence-electron chi connectivity index (χ4n) is 3.24. The average molecular weight is 387 g/mol. The van der Waals surface area contributed by atoms with Gasteiger partial charge in [-0.3, -0.25) is 19.6 Å². The van der Waals surface area contributed by atoms with E-state index in [-0.39, 0.29) is 18.1 Å². The highest BCUT2D eigenvalue weighted by Crippen LogP contribution is 2.21. The van der Waals surface area contributed by atoms with Crippen LogP contribution in [0.4, 0.5) is 11.5 Å². The summed E-state index contributed by atoms with van der Waals surface area (Å²) < 4.78 is 1.36. The normalized spacial score (nSPS) is 14.9. The van der Waals surface area contributed by atoms with Gasteiger partial charge in [0.05, 0.1) is 4.92 Å². The first-order valence-corrected chi connectivity index (χ1v) is 9.18. The first kappa shape index (κ1) is 19.7. The number of nitrogens with one attached hydrogen (secondary N) is 1. The summed E-state index contributed by atoms with van der Waals surface area (Å²) in [5.74, 6) is 0.682. The molecule has 1 aliphatic heterocycles. The van der Waals surface area contributed by atoms with E-state index < -0.39 is 4.92 Å². The van der Waals surface area contributed by atoms with Crippen molar-refractivity contribution in [2.45, 2.75) is 26.9 Å². The molecule has 150 valence electrons. The van der Waals surface area contributed by atoms with Crippen LogP contribution in [0, 0.1) is 24.0 Å². The van der Waals surface area contributed by atoms with Crippen molar-refractivity contribution in [3.63, 3.8) is 0 Å². The molecule has 0 bridgehead atoms. The van der Waals surface area contributed by atoms with Crippen LogP contribution >= 0.6 is 0 Å². The number of aryl methyl sites for hydroxylation is 1. The van der Waals surface area contributed by atoms with Gasteiger partial charge in [0.1, 0.15) is 23.8 Å². The molecule has 0 atom stereocenters. The minimum Gasteiger partial charge on any atom is -0.354 e. The largest absolute Gasteiger partial charge is 0.354 e. The number of nitro groups is 1. The van der Waals surface area contributed by atoms with Crippen LogP contribution in [0.1, 0.15) is 17.0 Å². The summed E-state index contributed by atoms with van der Waals surface area (Å²) in [5, 5.41) is 17.9. The average Bonchev–Trinajstić information content (AvgIpc) is 2.94. The molecule has 0 aromatic carbocycles. The standard InChI is InChI=1S/C18H25N7O3/c1-13-18(25(27)28)14(2)24(21-13)12-17(26)20-11-15-4-5-16(19-10-15)23-8-6-22(3)7-9-23/h4-5,10H,6-9,11-12H2,1-3H3,(H,20,26). The number of anilines is 1. The third-order valence-corrected chi connectivity index (χ3v) is 4.95. The number of rotatable bonds is 6. The molecular weight excluding hydrogens is 362 g/mol. The lowest BCUT2D eigenvalue weighted by atomic mass is 10.2. The Bertz CT molecular complexity index is 855. The van der Waals surface area contributed by atoms with Crippen LogP contribution < -0.4 is 10.2 Å². The van der Waals surface area contributed by atoms with Crippen LogP contribution in [0.2, 0.25) is 0 Å². The van der Waals surface area contributed by atoms with Crippen molar-refractivity contribution in [2.75, 3.05) is 38.1 Å². The molecule has 1 amide bonds. The molecule has 0 saturated carbocycles. The minimum atomic E-state index is -0.473. The summed E-state index contributed by atoms with van der Waals surface area (Å²) >= 11 is 0. The number of carbonyl (C=O) groups is 1. The zero-order valence-corrected chi connectivity index (χ0v) is 16.4. The number of amides is 1. The molecule has 10 nitrogen and oxygen atoms in total. The van der Waals surface area contributed by atoms with Crippen molar-refractivity contribution in [1.29, 1.82) is 0 Å². The fraction of sp³-hybridized carbons (Fsp3) is 0.500. The summed E-state index contributed by atoms with van der Waals surface area (Å²) in [7, 11) is 2.11. The van der Waals surface area contributed by atoms with Gasteiger partial charge in [-0.2, -0.15) is 5.10 Å². The van der Waals surface area contributed by atoms with Crippen LogP contribution in [0.25, 0.3) is 0 Å². The number of pyridine rings is 1. The number of hydrogen-bond donors (Lipinski definition) is 1. The summed E-state index contributed by atoms with van der Waals surface area (Å²) in [6.07, 6.45) is 1.77. The van der Waals surface area contributed by atoms with Gasteiger partial charge in [0, 0.05) is 38.9 Å². The third-order valence-electron chi connectivity index (χ3n) is 4.95. The molecule has 0 aliphatic carbocycles. The number of piperazine rings is 1. The Balaban J connectivity index is 1.53. The zero-order chi connectivity index (χ0) is 20.3. The van der Waals surface area contributed by atoms with Crippen LogP contribution in [0.15, 0.2) is 18.3 Å². The lowest BCUT2D eigenvalue weighted by molar-refractivity contribution is -0.386. The van der Waals surface area contributed by atoms with Crippen LogP contribution in [-0.2, 0) is 17.9 Å². The highest BCUT2D eigenvalue weighted by molar-refractivity contribution is 5.75. The van der Waals surface area contributed by atoms with E-state index >= 15 is 0 Å². The molecule has 0 spiro atoms. The van der Waals surface area contributed by atoms with Gasteiger partial charge in [0.15, 0.2) is 0 Å². The molecule has 1 saturated heterocycles. The second-order valence-corrected chi connectivity index (χ2v) is 7.03. The van der Waals surface area contributed by atoms with Crippen molar-refractivity contribution in [2.24, 2.45) is 0 Å². The SMILES string of the molecule is Cc1nn(CC(=O)NCc2ccc(N3CCN(C)CC3)nc2)c(C)c1[N+](=O)[O-]. The molecule has 0 unspecified atom stereocenters. The Labute approximate surface area is 163 Å². The fourth-order valence-corrected chi connectivity index (χ4v) is 3.24. The maximum Gasteiger partial charge on any atom is 0.312 e. The Morgan fingerprint density at radius 1 is 1.25 bits per heavy atom. The summed E-state index contributed by atoms with van der Waals surface area (Å²) in [4.78, 5) is 31.8. The molecular formula is C18H25N7O3. The number of likely N-dealkylation sites (N-methyl/N-ethyl adjacent to an activating group) is 1. The topological polar surface area (TPSA) is 109 Å². The molecule has 2 aromatic rings. The van der Waals surface area contributed by atoms with Crippen LogP contribution in [0.5, 0.6) is 0 Å². The Hall–Kier alpha value is -3.01. The van der Waals surface area contributed by atoms with Gasteiger partial charge in [-0.1, -0.05) is 6.07 Å². The molecule has 1 aliphatic rings.